The fourth-order valence-corrected chi connectivity index (χ4v) is 3.34. The van der Waals surface area contributed by atoms with Crippen LogP contribution in [-0.2, 0) is 0 Å². The summed E-state index contributed by atoms with van der Waals surface area (Å²) in [6.45, 7) is 3.87. The molecule has 3 rings (SSSR count). The van der Waals surface area contributed by atoms with Gasteiger partial charge in [-0.05, 0) is 69.9 Å². The van der Waals surface area contributed by atoms with Crippen LogP contribution in [0.15, 0.2) is 42.5 Å². The summed E-state index contributed by atoms with van der Waals surface area (Å²) in [5.74, 6) is 0.705. The van der Waals surface area contributed by atoms with Gasteiger partial charge in [-0.2, -0.15) is 0 Å². The second-order valence-electron chi connectivity index (χ2n) is 7.46. The second-order valence-corrected chi connectivity index (χ2v) is 7.46. The van der Waals surface area contributed by atoms with Crippen LogP contribution in [0.4, 0.5) is 11.4 Å². The molecule has 0 atom stereocenters. The summed E-state index contributed by atoms with van der Waals surface area (Å²) in [5.41, 5.74) is 0.820. The maximum absolute atomic E-state index is 12.7. The lowest BCUT2D eigenvalue weighted by atomic mass is 9.98. The van der Waals surface area contributed by atoms with E-state index in [1.165, 1.54) is 24.6 Å². The van der Waals surface area contributed by atoms with E-state index in [4.69, 9.17) is 9.47 Å². The minimum atomic E-state index is -0.465. The number of nitro groups is 1. The molecule has 0 aromatic heterocycles. The maximum Gasteiger partial charge on any atom is 0.273 e. The average Bonchev–Trinajstić information content (AvgIpc) is 2.70. The molecule has 0 spiro atoms. The molecule has 1 amide bonds. The Balaban J connectivity index is 1.77. The van der Waals surface area contributed by atoms with Crippen molar-refractivity contribution < 1.29 is 19.2 Å². The molecule has 1 aliphatic carbocycles. The molecule has 2 aromatic carbocycles. The van der Waals surface area contributed by atoms with Crippen molar-refractivity contribution in [3.63, 3.8) is 0 Å². The lowest BCUT2D eigenvalue weighted by Crippen LogP contribution is -2.21. The van der Waals surface area contributed by atoms with E-state index in [0.717, 1.165) is 25.7 Å². The van der Waals surface area contributed by atoms with E-state index in [9.17, 15) is 14.9 Å². The van der Waals surface area contributed by atoms with Gasteiger partial charge in [-0.1, -0.05) is 6.42 Å². The number of carbonyl (C=O) groups is 1. The molecule has 0 saturated heterocycles. The molecule has 1 N–H and O–H groups in total. The number of ether oxygens (including phenoxy) is 2. The van der Waals surface area contributed by atoms with Crippen LogP contribution in [0.25, 0.3) is 0 Å². The summed E-state index contributed by atoms with van der Waals surface area (Å²) in [7, 11) is 0. The monoisotopic (exact) mass is 398 g/mol. The minimum absolute atomic E-state index is 0.00821. The van der Waals surface area contributed by atoms with Gasteiger partial charge in [0.05, 0.1) is 28.9 Å². The number of amides is 1. The van der Waals surface area contributed by atoms with Crippen LogP contribution in [0, 0.1) is 10.1 Å². The van der Waals surface area contributed by atoms with E-state index in [1.807, 2.05) is 13.8 Å². The van der Waals surface area contributed by atoms with Crippen molar-refractivity contribution >= 4 is 17.3 Å². The molecule has 1 fully saturated rings. The normalized spacial score (nSPS) is 14.4. The molecular formula is C22H26N2O5. The molecule has 1 saturated carbocycles. The van der Waals surface area contributed by atoms with Crippen LogP contribution < -0.4 is 14.8 Å². The van der Waals surface area contributed by atoms with Crippen LogP contribution in [0.3, 0.4) is 0 Å². The second kappa shape index (κ2) is 9.41. The average molecular weight is 398 g/mol. The lowest BCUT2D eigenvalue weighted by molar-refractivity contribution is -0.384. The van der Waals surface area contributed by atoms with Crippen LogP contribution in [0.2, 0.25) is 0 Å². The predicted molar refractivity (Wildman–Crippen MR) is 111 cm³/mol. The molecule has 0 aliphatic heterocycles. The lowest BCUT2D eigenvalue weighted by Gasteiger charge is -2.24. The van der Waals surface area contributed by atoms with Gasteiger partial charge in [0.2, 0.25) is 0 Å². The molecule has 154 valence electrons. The van der Waals surface area contributed by atoms with Gasteiger partial charge in [0.25, 0.3) is 11.6 Å². The molecule has 1 aliphatic rings. The first-order valence-electron chi connectivity index (χ1n) is 9.95. The zero-order valence-corrected chi connectivity index (χ0v) is 16.7. The Bertz CT molecular complexity index is 858. The third kappa shape index (κ3) is 5.70. The number of carbonyl (C=O) groups excluding carboxylic acids is 1. The topological polar surface area (TPSA) is 90.7 Å². The van der Waals surface area contributed by atoms with E-state index < -0.39 is 4.92 Å². The van der Waals surface area contributed by atoms with E-state index in [0.29, 0.717) is 22.7 Å². The van der Waals surface area contributed by atoms with Crippen molar-refractivity contribution in [2.24, 2.45) is 0 Å². The van der Waals surface area contributed by atoms with Crippen LogP contribution in [0.1, 0.15) is 56.3 Å². The smallest absolute Gasteiger partial charge is 0.273 e. The Morgan fingerprint density at radius 2 is 1.79 bits per heavy atom. The number of benzene rings is 2. The fourth-order valence-electron chi connectivity index (χ4n) is 3.34. The molecule has 0 heterocycles. The highest BCUT2D eigenvalue weighted by molar-refractivity contribution is 6.05. The van der Waals surface area contributed by atoms with Crippen molar-refractivity contribution in [3.05, 3.63) is 58.1 Å². The SMILES string of the molecule is CC(C)Oc1ccc(C(=O)Nc2ccc([N+](=O)[O-])cc2OC2CCCCC2)cc1. The molecule has 7 nitrogen and oxygen atoms in total. The fraction of sp³-hybridized carbons (Fsp3) is 0.409. The number of nitrogens with zero attached hydrogens (tertiary/aromatic N) is 1. The third-order valence-electron chi connectivity index (χ3n) is 4.76. The molecular weight excluding hydrogens is 372 g/mol. The van der Waals surface area contributed by atoms with Gasteiger partial charge in [-0.15, -0.1) is 0 Å². The zero-order valence-electron chi connectivity index (χ0n) is 16.7. The highest BCUT2D eigenvalue weighted by atomic mass is 16.6. The molecule has 0 unspecified atom stereocenters. The van der Waals surface area contributed by atoms with Crippen molar-refractivity contribution in [1.82, 2.24) is 0 Å². The summed E-state index contributed by atoms with van der Waals surface area (Å²) in [6.07, 6.45) is 5.21. The Labute approximate surface area is 170 Å². The zero-order chi connectivity index (χ0) is 20.8. The number of hydrogen-bond donors (Lipinski definition) is 1. The first-order valence-corrected chi connectivity index (χ1v) is 9.95. The predicted octanol–water partition coefficient (Wildman–Crippen LogP) is 5.35. The van der Waals surface area contributed by atoms with E-state index in [2.05, 4.69) is 5.32 Å². The number of non-ortho nitro benzene ring substituents is 1. The minimum Gasteiger partial charge on any atom is -0.491 e. The maximum atomic E-state index is 12.7. The van der Waals surface area contributed by atoms with Crippen molar-refractivity contribution in [1.29, 1.82) is 0 Å². The summed E-state index contributed by atoms with van der Waals surface area (Å²) in [5, 5.41) is 14.0. The Kier molecular flexibility index (Phi) is 6.69. The standard InChI is InChI=1S/C22H26N2O5/c1-15(2)28-19-11-8-16(9-12-19)22(25)23-20-13-10-17(24(26)27)14-21(20)29-18-6-4-3-5-7-18/h8-15,18H,3-7H2,1-2H3,(H,23,25). The number of nitro benzene ring substituents is 1. The Hall–Kier alpha value is -3.09. The van der Waals surface area contributed by atoms with E-state index in [-0.39, 0.29) is 23.8 Å². The Morgan fingerprint density at radius 1 is 1.10 bits per heavy atom. The third-order valence-corrected chi connectivity index (χ3v) is 4.76. The van der Waals surface area contributed by atoms with E-state index >= 15 is 0 Å². The van der Waals surface area contributed by atoms with Crippen LogP contribution >= 0.6 is 0 Å². The van der Waals surface area contributed by atoms with Crippen molar-refractivity contribution in [2.45, 2.75) is 58.2 Å². The number of rotatable bonds is 7. The molecule has 0 radical (unpaired) electrons. The first kappa shape index (κ1) is 20.6. The van der Waals surface area contributed by atoms with Gasteiger partial charge in [0, 0.05) is 11.6 Å². The molecule has 7 heteroatoms. The van der Waals surface area contributed by atoms with Gasteiger partial charge in [-0.25, -0.2) is 0 Å². The quantitative estimate of drug-likeness (QED) is 0.502. The molecule has 29 heavy (non-hydrogen) atoms. The van der Waals surface area contributed by atoms with Gasteiger partial charge < -0.3 is 14.8 Å². The summed E-state index contributed by atoms with van der Waals surface area (Å²) in [6, 6.07) is 11.1. The highest BCUT2D eigenvalue weighted by Gasteiger charge is 2.20. The van der Waals surface area contributed by atoms with Gasteiger partial charge >= 0.3 is 0 Å². The molecule has 2 aromatic rings. The van der Waals surface area contributed by atoms with E-state index in [1.54, 1.807) is 24.3 Å². The van der Waals surface area contributed by atoms with Gasteiger partial charge in [0.15, 0.2) is 0 Å². The van der Waals surface area contributed by atoms with Crippen LogP contribution in [0.5, 0.6) is 11.5 Å². The molecule has 0 bridgehead atoms. The highest BCUT2D eigenvalue weighted by Crippen LogP contribution is 2.33. The number of hydrogen-bond acceptors (Lipinski definition) is 5. The summed E-state index contributed by atoms with van der Waals surface area (Å²) >= 11 is 0. The summed E-state index contributed by atoms with van der Waals surface area (Å²) in [4.78, 5) is 23.4. The van der Waals surface area contributed by atoms with Gasteiger partial charge in [0.1, 0.15) is 11.5 Å². The van der Waals surface area contributed by atoms with Crippen molar-refractivity contribution in [3.8, 4) is 11.5 Å². The van der Waals surface area contributed by atoms with Gasteiger partial charge in [-0.3, -0.25) is 14.9 Å². The first-order chi connectivity index (χ1) is 13.9. The summed E-state index contributed by atoms with van der Waals surface area (Å²) < 4.78 is 11.6. The van der Waals surface area contributed by atoms with Crippen molar-refractivity contribution in [2.75, 3.05) is 5.32 Å². The van der Waals surface area contributed by atoms with Crippen LogP contribution in [-0.4, -0.2) is 23.0 Å². The largest absolute Gasteiger partial charge is 0.491 e. The Morgan fingerprint density at radius 3 is 2.41 bits per heavy atom. The number of anilines is 1. The number of nitrogens with one attached hydrogen (secondary N) is 1.